The molecule has 0 aromatic heterocycles. The summed E-state index contributed by atoms with van der Waals surface area (Å²) < 4.78 is 6.11. The summed E-state index contributed by atoms with van der Waals surface area (Å²) in [6, 6.07) is 17.6. The van der Waals surface area contributed by atoms with Crippen molar-refractivity contribution in [1.29, 1.82) is 0 Å². The van der Waals surface area contributed by atoms with Crippen molar-refractivity contribution in [2.45, 2.75) is 64.5 Å². The molecule has 0 aliphatic carbocycles. The van der Waals surface area contributed by atoms with E-state index in [9.17, 15) is 0 Å². The number of halogens is 1. The topological polar surface area (TPSA) is 21.3 Å². The van der Waals surface area contributed by atoms with Crippen LogP contribution in [-0.4, -0.2) is 19.3 Å². The van der Waals surface area contributed by atoms with E-state index in [0.717, 1.165) is 37.4 Å². The number of nitrogens with one attached hydrogen (secondary N) is 1. The van der Waals surface area contributed by atoms with Crippen LogP contribution in [0, 0.1) is 12.8 Å². The van der Waals surface area contributed by atoms with E-state index < -0.39 is 0 Å². The third-order valence-corrected chi connectivity index (χ3v) is 6.59. The van der Waals surface area contributed by atoms with Gasteiger partial charge in [0.2, 0.25) is 0 Å². The SMILES string of the molecule is Cc1ccc([C@]2(CCN[C@@H](C)c3ccc(Cl)cc3)CCO[C@H](C(C)C)C2)cc1. The van der Waals surface area contributed by atoms with Crippen LogP contribution >= 0.6 is 11.6 Å². The molecule has 3 heteroatoms. The average molecular weight is 400 g/mol. The Bertz CT molecular complexity index is 740. The van der Waals surface area contributed by atoms with Gasteiger partial charge in [-0.25, -0.2) is 0 Å². The molecule has 0 spiro atoms. The number of aryl methyl sites for hydroxylation is 1. The van der Waals surface area contributed by atoms with Crippen molar-refractivity contribution >= 4 is 11.6 Å². The van der Waals surface area contributed by atoms with E-state index in [1.165, 1.54) is 16.7 Å². The lowest BCUT2D eigenvalue weighted by Crippen LogP contribution is -2.42. The van der Waals surface area contributed by atoms with Gasteiger partial charge in [0.15, 0.2) is 0 Å². The summed E-state index contributed by atoms with van der Waals surface area (Å²) in [6.45, 7) is 10.8. The van der Waals surface area contributed by atoms with Crippen molar-refractivity contribution < 1.29 is 4.74 Å². The summed E-state index contributed by atoms with van der Waals surface area (Å²) in [7, 11) is 0. The molecular weight excluding hydrogens is 366 g/mol. The number of hydrogen-bond acceptors (Lipinski definition) is 2. The zero-order valence-electron chi connectivity index (χ0n) is 17.7. The third-order valence-electron chi connectivity index (χ3n) is 6.34. The van der Waals surface area contributed by atoms with Crippen molar-refractivity contribution in [3.05, 3.63) is 70.2 Å². The number of benzene rings is 2. The third kappa shape index (κ3) is 5.17. The predicted octanol–water partition coefficient (Wildman–Crippen LogP) is 6.46. The summed E-state index contributed by atoms with van der Waals surface area (Å²) in [5, 5.41) is 4.52. The molecule has 28 heavy (non-hydrogen) atoms. The Labute approximate surface area is 175 Å². The molecular formula is C25H34ClNO. The minimum absolute atomic E-state index is 0.188. The summed E-state index contributed by atoms with van der Waals surface area (Å²) in [4.78, 5) is 0. The van der Waals surface area contributed by atoms with Gasteiger partial charge in [-0.3, -0.25) is 0 Å². The van der Waals surface area contributed by atoms with Crippen LogP contribution in [0.3, 0.4) is 0 Å². The Morgan fingerprint density at radius 2 is 1.75 bits per heavy atom. The van der Waals surface area contributed by atoms with E-state index in [1.807, 2.05) is 12.1 Å². The Hall–Kier alpha value is -1.35. The first kappa shape index (κ1) is 21.4. The quantitative estimate of drug-likeness (QED) is 0.576. The Balaban J connectivity index is 1.72. The molecule has 0 saturated carbocycles. The maximum atomic E-state index is 6.11. The maximum Gasteiger partial charge on any atom is 0.0606 e. The highest BCUT2D eigenvalue weighted by molar-refractivity contribution is 6.30. The van der Waals surface area contributed by atoms with E-state index in [2.05, 4.69) is 69.4 Å². The molecule has 152 valence electrons. The second kappa shape index (κ2) is 9.43. The van der Waals surface area contributed by atoms with E-state index in [1.54, 1.807) is 0 Å². The van der Waals surface area contributed by atoms with Gasteiger partial charge in [-0.2, -0.15) is 0 Å². The molecule has 2 nitrogen and oxygen atoms in total. The molecule has 3 rings (SSSR count). The van der Waals surface area contributed by atoms with Crippen LogP contribution in [0.4, 0.5) is 0 Å². The summed E-state index contributed by atoms with van der Waals surface area (Å²) in [5.74, 6) is 0.547. The van der Waals surface area contributed by atoms with Crippen LogP contribution in [-0.2, 0) is 10.2 Å². The zero-order valence-corrected chi connectivity index (χ0v) is 18.4. The number of ether oxygens (including phenoxy) is 1. The van der Waals surface area contributed by atoms with Crippen molar-refractivity contribution in [1.82, 2.24) is 5.32 Å². The molecule has 0 unspecified atom stereocenters. The van der Waals surface area contributed by atoms with Crippen LogP contribution in [0.1, 0.15) is 62.8 Å². The Kier molecular flexibility index (Phi) is 7.20. The van der Waals surface area contributed by atoms with Gasteiger partial charge < -0.3 is 10.1 Å². The molecule has 1 heterocycles. The highest BCUT2D eigenvalue weighted by Crippen LogP contribution is 2.41. The van der Waals surface area contributed by atoms with Gasteiger partial charge in [0.05, 0.1) is 6.10 Å². The fourth-order valence-corrected chi connectivity index (χ4v) is 4.44. The van der Waals surface area contributed by atoms with Gasteiger partial charge in [0, 0.05) is 23.1 Å². The van der Waals surface area contributed by atoms with Crippen LogP contribution in [0.15, 0.2) is 48.5 Å². The fourth-order valence-electron chi connectivity index (χ4n) is 4.32. The molecule has 1 saturated heterocycles. The molecule has 2 aromatic carbocycles. The van der Waals surface area contributed by atoms with Crippen LogP contribution in [0.25, 0.3) is 0 Å². The lowest BCUT2D eigenvalue weighted by Gasteiger charge is -2.43. The summed E-state index contributed by atoms with van der Waals surface area (Å²) in [5.41, 5.74) is 4.25. The highest BCUT2D eigenvalue weighted by Gasteiger charge is 2.39. The van der Waals surface area contributed by atoms with Gasteiger partial charge in [-0.05, 0) is 68.8 Å². The first-order valence-electron chi connectivity index (χ1n) is 10.6. The van der Waals surface area contributed by atoms with Crippen molar-refractivity contribution in [2.75, 3.05) is 13.2 Å². The average Bonchev–Trinajstić information content (AvgIpc) is 2.69. The standard InChI is InChI=1S/C25H34ClNO/c1-18(2)24-17-25(14-16-28-24,22-9-5-19(3)6-10-22)13-15-27-20(4)21-7-11-23(26)12-8-21/h5-12,18,20,24,27H,13-17H2,1-4H3/t20-,24-,25+/m0/s1. The molecule has 0 radical (unpaired) electrons. The largest absolute Gasteiger partial charge is 0.378 e. The molecule has 1 aliphatic rings. The lowest BCUT2D eigenvalue weighted by atomic mass is 9.68. The van der Waals surface area contributed by atoms with E-state index in [-0.39, 0.29) is 5.41 Å². The molecule has 2 aromatic rings. The molecule has 1 N–H and O–H groups in total. The smallest absolute Gasteiger partial charge is 0.0606 e. The van der Waals surface area contributed by atoms with Crippen LogP contribution < -0.4 is 5.32 Å². The van der Waals surface area contributed by atoms with Crippen molar-refractivity contribution in [3.63, 3.8) is 0 Å². The lowest BCUT2D eigenvalue weighted by molar-refractivity contribution is -0.0470. The molecule has 0 bridgehead atoms. The predicted molar refractivity (Wildman–Crippen MR) is 119 cm³/mol. The minimum Gasteiger partial charge on any atom is -0.378 e. The number of rotatable bonds is 7. The summed E-state index contributed by atoms with van der Waals surface area (Å²) >= 11 is 6.03. The zero-order chi connectivity index (χ0) is 20.1. The fraction of sp³-hybridized carbons (Fsp3) is 0.520. The molecule has 3 atom stereocenters. The van der Waals surface area contributed by atoms with Crippen LogP contribution in [0.5, 0.6) is 0 Å². The molecule has 1 fully saturated rings. The number of hydrogen-bond donors (Lipinski definition) is 1. The van der Waals surface area contributed by atoms with Gasteiger partial charge in [-0.15, -0.1) is 0 Å². The Morgan fingerprint density at radius 3 is 2.39 bits per heavy atom. The maximum absolute atomic E-state index is 6.11. The summed E-state index contributed by atoms with van der Waals surface area (Å²) in [6.07, 6.45) is 3.66. The van der Waals surface area contributed by atoms with Crippen molar-refractivity contribution in [3.8, 4) is 0 Å². The van der Waals surface area contributed by atoms with E-state index in [0.29, 0.717) is 18.1 Å². The van der Waals surface area contributed by atoms with Crippen LogP contribution in [0.2, 0.25) is 5.02 Å². The molecule has 0 amide bonds. The first-order chi connectivity index (χ1) is 13.4. The van der Waals surface area contributed by atoms with Gasteiger partial charge >= 0.3 is 0 Å². The van der Waals surface area contributed by atoms with Crippen molar-refractivity contribution in [2.24, 2.45) is 5.92 Å². The van der Waals surface area contributed by atoms with Gasteiger partial charge in [0.1, 0.15) is 0 Å². The second-order valence-corrected chi connectivity index (χ2v) is 9.17. The van der Waals surface area contributed by atoms with E-state index >= 15 is 0 Å². The van der Waals surface area contributed by atoms with Gasteiger partial charge in [0.25, 0.3) is 0 Å². The second-order valence-electron chi connectivity index (χ2n) is 8.73. The Morgan fingerprint density at radius 1 is 1.07 bits per heavy atom. The minimum atomic E-state index is 0.188. The monoisotopic (exact) mass is 399 g/mol. The highest BCUT2D eigenvalue weighted by atomic mass is 35.5. The normalized spacial score (nSPS) is 23.7. The van der Waals surface area contributed by atoms with Gasteiger partial charge in [-0.1, -0.05) is 67.4 Å². The first-order valence-corrected chi connectivity index (χ1v) is 10.9. The molecule has 1 aliphatic heterocycles. The van der Waals surface area contributed by atoms with E-state index in [4.69, 9.17) is 16.3 Å².